The maximum atomic E-state index is 12.3. The summed E-state index contributed by atoms with van der Waals surface area (Å²) in [6.45, 7) is 1.12. The second kappa shape index (κ2) is 6.21. The highest BCUT2D eigenvalue weighted by Crippen LogP contribution is 2.24. The summed E-state index contributed by atoms with van der Waals surface area (Å²) < 4.78 is 50.1. The van der Waals surface area contributed by atoms with Crippen LogP contribution in [0.2, 0.25) is 5.02 Å². The fourth-order valence-electron chi connectivity index (χ4n) is 2.14. The van der Waals surface area contributed by atoms with Crippen molar-refractivity contribution in [3.05, 3.63) is 23.2 Å². The number of sulfonamides is 1. The van der Waals surface area contributed by atoms with Crippen molar-refractivity contribution in [2.45, 2.75) is 28.7 Å². The lowest BCUT2D eigenvalue weighted by atomic mass is 10.2. The average molecular weight is 353 g/mol. The first-order valence-corrected chi connectivity index (χ1v) is 10.2. The van der Waals surface area contributed by atoms with Gasteiger partial charge < -0.3 is 5.32 Å². The van der Waals surface area contributed by atoms with Gasteiger partial charge in [0.15, 0.2) is 9.84 Å². The molecular formula is C12H17ClN2O4S2. The molecule has 0 radical (unpaired) electrons. The number of benzene rings is 1. The van der Waals surface area contributed by atoms with Crippen molar-refractivity contribution >= 4 is 31.5 Å². The molecular weight excluding hydrogens is 336 g/mol. The summed E-state index contributed by atoms with van der Waals surface area (Å²) in [7, 11) is -7.34. The number of hydrogen-bond donors (Lipinski definition) is 2. The molecule has 0 amide bonds. The summed E-state index contributed by atoms with van der Waals surface area (Å²) in [4.78, 5) is -0.295. The molecule has 2 N–H and O–H groups in total. The van der Waals surface area contributed by atoms with Crippen molar-refractivity contribution in [2.75, 3.05) is 19.3 Å². The predicted molar refractivity (Wildman–Crippen MR) is 80.8 cm³/mol. The van der Waals surface area contributed by atoms with Crippen LogP contribution in [0.25, 0.3) is 0 Å². The van der Waals surface area contributed by atoms with E-state index in [0.29, 0.717) is 0 Å². The van der Waals surface area contributed by atoms with Gasteiger partial charge in [-0.15, -0.1) is 0 Å². The SMILES string of the molecule is CS(=O)(=O)c1ccc(Cl)c(S(=O)(=O)NCC2CCCN2)c1. The quantitative estimate of drug-likeness (QED) is 0.816. The highest BCUT2D eigenvalue weighted by Gasteiger charge is 2.23. The Bertz CT molecular complexity index is 726. The Kier molecular flexibility index (Phi) is 4.94. The Balaban J connectivity index is 2.26. The number of nitrogens with one attached hydrogen (secondary N) is 2. The Morgan fingerprint density at radius 1 is 1.33 bits per heavy atom. The maximum absolute atomic E-state index is 12.3. The van der Waals surface area contributed by atoms with Crippen molar-refractivity contribution in [3.63, 3.8) is 0 Å². The first kappa shape index (κ1) is 16.7. The molecule has 0 bridgehead atoms. The lowest BCUT2D eigenvalue weighted by molar-refractivity contribution is 0.551. The standard InChI is InChI=1S/C12H17ClN2O4S2/c1-20(16,17)10-4-5-11(13)12(7-10)21(18,19)15-8-9-3-2-6-14-9/h4-5,7,9,14-15H,2-3,6,8H2,1H3. The number of sulfone groups is 1. The van der Waals surface area contributed by atoms with Crippen LogP contribution in [-0.2, 0) is 19.9 Å². The van der Waals surface area contributed by atoms with Gasteiger partial charge in [-0.05, 0) is 37.6 Å². The molecule has 1 aromatic rings. The molecule has 21 heavy (non-hydrogen) atoms. The van der Waals surface area contributed by atoms with Crippen LogP contribution < -0.4 is 10.0 Å². The van der Waals surface area contributed by atoms with E-state index in [2.05, 4.69) is 10.0 Å². The second-order valence-corrected chi connectivity index (χ2v) is 9.17. The maximum Gasteiger partial charge on any atom is 0.242 e. The van der Waals surface area contributed by atoms with Crippen LogP contribution in [0.4, 0.5) is 0 Å². The Labute approximate surface area is 129 Å². The minimum absolute atomic E-state index is 0.00530. The lowest BCUT2D eigenvalue weighted by Crippen LogP contribution is -2.37. The zero-order valence-corrected chi connectivity index (χ0v) is 13.9. The number of hydrogen-bond acceptors (Lipinski definition) is 5. The Morgan fingerprint density at radius 3 is 2.62 bits per heavy atom. The molecule has 1 atom stereocenters. The van der Waals surface area contributed by atoms with E-state index in [0.717, 1.165) is 31.7 Å². The molecule has 1 unspecified atom stereocenters. The molecule has 1 aliphatic heterocycles. The van der Waals surface area contributed by atoms with E-state index in [1.54, 1.807) is 0 Å². The topological polar surface area (TPSA) is 92.3 Å². The first-order chi connectivity index (χ1) is 9.70. The Morgan fingerprint density at radius 2 is 2.05 bits per heavy atom. The molecule has 0 saturated carbocycles. The summed E-state index contributed by atoms with van der Waals surface area (Å²) in [6, 6.07) is 3.74. The van der Waals surface area contributed by atoms with E-state index >= 15 is 0 Å². The van der Waals surface area contributed by atoms with Crippen molar-refractivity contribution in [1.82, 2.24) is 10.0 Å². The third kappa shape index (κ3) is 4.17. The smallest absolute Gasteiger partial charge is 0.242 e. The zero-order chi connectivity index (χ0) is 15.7. The molecule has 9 heteroatoms. The normalized spacial score (nSPS) is 19.8. The third-order valence-electron chi connectivity index (χ3n) is 3.30. The molecule has 0 aromatic heterocycles. The minimum atomic E-state index is -3.85. The van der Waals surface area contributed by atoms with Crippen molar-refractivity contribution in [3.8, 4) is 0 Å². The molecule has 0 aliphatic carbocycles. The van der Waals surface area contributed by atoms with Crippen molar-refractivity contribution in [2.24, 2.45) is 0 Å². The monoisotopic (exact) mass is 352 g/mol. The molecule has 1 saturated heterocycles. The van der Waals surface area contributed by atoms with Crippen molar-refractivity contribution in [1.29, 1.82) is 0 Å². The zero-order valence-electron chi connectivity index (χ0n) is 11.5. The van der Waals surface area contributed by atoms with Gasteiger partial charge in [-0.25, -0.2) is 21.6 Å². The highest BCUT2D eigenvalue weighted by molar-refractivity contribution is 7.91. The van der Waals surface area contributed by atoms with E-state index in [9.17, 15) is 16.8 Å². The second-order valence-electron chi connectivity index (χ2n) is 5.01. The molecule has 1 heterocycles. The largest absolute Gasteiger partial charge is 0.313 e. The molecule has 2 rings (SSSR count). The van der Waals surface area contributed by atoms with Gasteiger partial charge in [0, 0.05) is 18.8 Å². The molecule has 1 aromatic carbocycles. The van der Waals surface area contributed by atoms with E-state index < -0.39 is 19.9 Å². The van der Waals surface area contributed by atoms with Gasteiger partial charge in [0.2, 0.25) is 10.0 Å². The fraction of sp³-hybridized carbons (Fsp3) is 0.500. The molecule has 0 spiro atoms. The Hall–Kier alpha value is -0.670. The van der Waals surface area contributed by atoms with Crippen LogP contribution in [0.5, 0.6) is 0 Å². The van der Waals surface area contributed by atoms with Gasteiger partial charge in [0.1, 0.15) is 4.90 Å². The summed E-state index contributed by atoms with van der Waals surface area (Å²) in [5.74, 6) is 0. The summed E-state index contributed by atoms with van der Waals surface area (Å²) in [5.41, 5.74) is 0. The van der Waals surface area contributed by atoms with E-state index in [4.69, 9.17) is 11.6 Å². The molecule has 118 valence electrons. The van der Waals surface area contributed by atoms with Crippen LogP contribution in [0.1, 0.15) is 12.8 Å². The van der Waals surface area contributed by atoms with Crippen LogP contribution in [-0.4, -0.2) is 42.2 Å². The molecule has 1 aliphatic rings. The lowest BCUT2D eigenvalue weighted by Gasteiger charge is -2.13. The molecule has 6 nitrogen and oxygen atoms in total. The first-order valence-electron chi connectivity index (χ1n) is 6.43. The van der Waals surface area contributed by atoms with Crippen LogP contribution in [0.15, 0.2) is 28.0 Å². The minimum Gasteiger partial charge on any atom is -0.313 e. The summed E-state index contributed by atoms with van der Waals surface area (Å²) in [5, 5.41) is 3.17. The highest BCUT2D eigenvalue weighted by atomic mass is 35.5. The van der Waals surface area contributed by atoms with Gasteiger partial charge in [-0.1, -0.05) is 11.6 Å². The average Bonchev–Trinajstić information content (AvgIpc) is 2.88. The van der Waals surface area contributed by atoms with Crippen LogP contribution in [0, 0.1) is 0 Å². The predicted octanol–water partition coefficient (Wildman–Crippen LogP) is 0.774. The van der Waals surface area contributed by atoms with Gasteiger partial charge in [-0.3, -0.25) is 0 Å². The fourth-order valence-corrected chi connectivity index (χ4v) is 4.47. The van der Waals surface area contributed by atoms with Gasteiger partial charge in [0.25, 0.3) is 0 Å². The summed E-state index contributed by atoms with van der Waals surface area (Å²) >= 11 is 5.90. The number of halogens is 1. The van der Waals surface area contributed by atoms with Gasteiger partial charge in [-0.2, -0.15) is 0 Å². The van der Waals surface area contributed by atoms with E-state index in [1.165, 1.54) is 12.1 Å². The third-order valence-corrected chi connectivity index (χ3v) is 6.32. The van der Waals surface area contributed by atoms with E-state index in [-0.39, 0.29) is 27.4 Å². The summed E-state index contributed by atoms with van der Waals surface area (Å²) in [6.07, 6.45) is 2.93. The van der Waals surface area contributed by atoms with Crippen molar-refractivity contribution < 1.29 is 16.8 Å². The van der Waals surface area contributed by atoms with Crippen LogP contribution >= 0.6 is 11.6 Å². The molecule has 1 fully saturated rings. The van der Waals surface area contributed by atoms with Gasteiger partial charge in [0.05, 0.1) is 9.92 Å². The van der Waals surface area contributed by atoms with Crippen LogP contribution in [0.3, 0.4) is 0 Å². The van der Waals surface area contributed by atoms with Gasteiger partial charge >= 0.3 is 0 Å². The number of rotatable bonds is 5. The van der Waals surface area contributed by atoms with E-state index in [1.807, 2.05) is 0 Å².